The highest BCUT2D eigenvalue weighted by Crippen LogP contribution is 2.36. The number of fused-ring (bicyclic) bond motifs is 1. The Hall–Kier alpha value is -2.47. The molecule has 0 spiro atoms. The second-order valence-electron chi connectivity index (χ2n) is 6.27. The third-order valence-electron chi connectivity index (χ3n) is 4.33. The standard InChI is InChI=1S/C19H22O6/c1-11(2)18(22)24-15-7-13(9-20)5-4-6-14(10-21)8-16-17(15)12(3)19(23)25-16/h5,8-9,15-17,21H,1,3-4,6-7,10H2,2H3/b13-5+,14-8-/t15-,16+,17+/m0/s1. The molecule has 0 aromatic rings. The topological polar surface area (TPSA) is 89.9 Å². The van der Waals surface area contributed by atoms with Gasteiger partial charge in [-0.15, -0.1) is 0 Å². The van der Waals surface area contributed by atoms with Crippen LogP contribution >= 0.6 is 0 Å². The van der Waals surface area contributed by atoms with Crippen molar-refractivity contribution < 1.29 is 29.0 Å². The SMILES string of the molecule is C=C(C)C(=O)O[C@H]1C/C(C=O)=C\CC/C(CO)=C/[C@H]2OC(=O)C(=C)[C@H]12. The molecule has 2 rings (SSSR count). The molecule has 1 N–H and O–H groups in total. The van der Waals surface area contributed by atoms with Crippen LogP contribution in [-0.4, -0.2) is 42.1 Å². The van der Waals surface area contributed by atoms with Crippen LogP contribution in [0.2, 0.25) is 0 Å². The minimum Gasteiger partial charge on any atom is -0.458 e. The number of hydrogen-bond donors (Lipinski definition) is 1. The first-order chi connectivity index (χ1) is 11.9. The fraction of sp³-hybridized carbons (Fsp3) is 0.421. The first-order valence-corrected chi connectivity index (χ1v) is 8.08. The molecule has 1 aliphatic carbocycles. The number of aliphatic hydroxyl groups is 1. The van der Waals surface area contributed by atoms with E-state index in [9.17, 15) is 19.5 Å². The maximum absolute atomic E-state index is 12.0. The lowest BCUT2D eigenvalue weighted by Crippen LogP contribution is -2.34. The first-order valence-electron chi connectivity index (χ1n) is 8.08. The summed E-state index contributed by atoms with van der Waals surface area (Å²) in [5.74, 6) is -1.81. The molecule has 0 saturated carbocycles. The van der Waals surface area contributed by atoms with Gasteiger partial charge in [-0.1, -0.05) is 19.2 Å². The van der Waals surface area contributed by atoms with Gasteiger partial charge in [0.25, 0.3) is 0 Å². The summed E-state index contributed by atoms with van der Waals surface area (Å²) in [6.45, 7) is 8.65. The second-order valence-corrected chi connectivity index (χ2v) is 6.27. The maximum atomic E-state index is 12.0. The third-order valence-corrected chi connectivity index (χ3v) is 4.33. The highest BCUT2D eigenvalue weighted by molar-refractivity contribution is 5.92. The molecule has 1 aliphatic heterocycles. The summed E-state index contributed by atoms with van der Waals surface area (Å²) in [4.78, 5) is 35.4. The maximum Gasteiger partial charge on any atom is 0.334 e. The number of aldehydes is 1. The van der Waals surface area contributed by atoms with Crippen molar-refractivity contribution in [1.29, 1.82) is 0 Å². The molecule has 6 heteroatoms. The number of esters is 2. The number of aliphatic hydroxyl groups excluding tert-OH is 1. The van der Waals surface area contributed by atoms with E-state index in [1.165, 1.54) is 6.92 Å². The van der Waals surface area contributed by atoms with Crippen molar-refractivity contribution in [3.63, 3.8) is 0 Å². The smallest absolute Gasteiger partial charge is 0.334 e. The van der Waals surface area contributed by atoms with Crippen LogP contribution in [-0.2, 0) is 23.9 Å². The molecule has 0 amide bonds. The highest BCUT2D eigenvalue weighted by Gasteiger charge is 2.44. The Morgan fingerprint density at radius 1 is 1.52 bits per heavy atom. The average molecular weight is 346 g/mol. The molecule has 1 heterocycles. The minimum absolute atomic E-state index is 0.154. The van der Waals surface area contributed by atoms with Gasteiger partial charge in [-0.05, 0) is 37.0 Å². The molecule has 2 aliphatic rings. The van der Waals surface area contributed by atoms with Crippen LogP contribution in [0, 0.1) is 5.92 Å². The van der Waals surface area contributed by atoms with Gasteiger partial charge in [0.05, 0.1) is 12.5 Å². The molecule has 134 valence electrons. The summed E-state index contributed by atoms with van der Waals surface area (Å²) < 4.78 is 10.8. The lowest BCUT2D eigenvalue weighted by atomic mass is 9.85. The normalized spacial score (nSPS) is 30.9. The van der Waals surface area contributed by atoms with E-state index < -0.39 is 30.1 Å². The molecular weight excluding hydrogens is 324 g/mol. The quantitative estimate of drug-likeness (QED) is 0.361. The first kappa shape index (κ1) is 18.9. The van der Waals surface area contributed by atoms with Crippen LogP contribution < -0.4 is 0 Å². The summed E-state index contributed by atoms with van der Waals surface area (Å²) in [6.07, 6.45) is 3.89. The zero-order chi connectivity index (χ0) is 18.6. The van der Waals surface area contributed by atoms with Crippen molar-refractivity contribution >= 4 is 18.2 Å². The molecule has 0 unspecified atom stereocenters. The monoisotopic (exact) mass is 346 g/mol. The Morgan fingerprint density at radius 2 is 2.24 bits per heavy atom. The summed E-state index contributed by atoms with van der Waals surface area (Å²) >= 11 is 0. The average Bonchev–Trinajstić information content (AvgIpc) is 2.85. The van der Waals surface area contributed by atoms with Gasteiger partial charge >= 0.3 is 11.9 Å². The fourth-order valence-electron chi connectivity index (χ4n) is 2.96. The van der Waals surface area contributed by atoms with E-state index in [0.717, 1.165) is 0 Å². The number of allylic oxidation sites excluding steroid dienone is 1. The zero-order valence-corrected chi connectivity index (χ0v) is 14.2. The van der Waals surface area contributed by atoms with E-state index in [2.05, 4.69) is 13.2 Å². The van der Waals surface area contributed by atoms with Gasteiger partial charge in [-0.3, -0.25) is 4.79 Å². The molecule has 25 heavy (non-hydrogen) atoms. The summed E-state index contributed by atoms with van der Waals surface area (Å²) in [7, 11) is 0. The van der Waals surface area contributed by atoms with Crippen LogP contribution in [0.15, 0.2) is 47.6 Å². The van der Waals surface area contributed by atoms with Crippen molar-refractivity contribution in [2.45, 2.75) is 38.4 Å². The second kappa shape index (κ2) is 8.07. The highest BCUT2D eigenvalue weighted by atomic mass is 16.6. The molecule has 3 atom stereocenters. The number of hydrogen-bond acceptors (Lipinski definition) is 6. The van der Waals surface area contributed by atoms with Crippen LogP contribution in [0.4, 0.5) is 0 Å². The van der Waals surface area contributed by atoms with E-state index in [1.807, 2.05) is 0 Å². The van der Waals surface area contributed by atoms with Gasteiger partial charge < -0.3 is 14.6 Å². The van der Waals surface area contributed by atoms with E-state index in [4.69, 9.17) is 9.47 Å². The zero-order valence-electron chi connectivity index (χ0n) is 14.2. The van der Waals surface area contributed by atoms with Crippen molar-refractivity contribution in [1.82, 2.24) is 0 Å². The molecule has 6 nitrogen and oxygen atoms in total. The molecule has 0 aromatic heterocycles. The Balaban J connectivity index is 2.45. The molecular formula is C19H22O6. The summed E-state index contributed by atoms with van der Waals surface area (Å²) in [6, 6.07) is 0. The van der Waals surface area contributed by atoms with Gasteiger partial charge in [0.15, 0.2) is 0 Å². The number of carbonyl (C=O) groups excluding carboxylic acids is 3. The summed E-state index contributed by atoms with van der Waals surface area (Å²) in [5.41, 5.74) is 1.55. The lowest BCUT2D eigenvalue weighted by Gasteiger charge is -2.27. The molecule has 1 fully saturated rings. The minimum atomic E-state index is -0.793. The Kier molecular flexibility index (Phi) is 6.09. The fourth-order valence-corrected chi connectivity index (χ4v) is 2.96. The predicted molar refractivity (Wildman–Crippen MR) is 90.4 cm³/mol. The van der Waals surface area contributed by atoms with Crippen LogP contribution in [0.25, 0.3) is 0 Å². The molecule has 0 radical (unpaired) electrons. The summed E-state index contributed by atoms with van der Waals surface area (Å²) in [5, 5.41) is 9.51. The molecule has 1 saturated heterocycles. The van der Waals surface area contributed by atoms with Gasteiger partial charge in [-0.2, -0.15) is 0 Å². The van der Waals surface area contributed by atoms with E-state index in [1.54, 1.807) is 12.2 Å². The molecule has 0 bridgehead atoms. The van der Waals surface area contributed by atoms with Gasteiger partial charge in [-0.25, -0.2) is 9.59 Å². The largest absolute Gasteiger partial charge is 0.458 e. The molecule has 0 aromatic carbocycles. The number of ether oxygens (including phenoxy) is 2. The third kappa shape index (κ3) is 4.33. The predicted octanol–water partition coefficient (Wildman–Crippen LogP) is 1.80. The van der Waals surface area contributed by atoms with Crippen molar-refractivity contribution in [3.05, 3.63) is 47.6 Å². The van der Waals surface area contributed by atoms with Crippen molar-refractivity contribution in [2.24, 2.45) is 5.92 Å². The Bertz CT molecular complexity index is 669. The van der Waals surface area contributed by atoms with E-state index in [-0.39, 0.29) is 24.2 Å². The van der Waals surface area contributed by atoms with Gasteiger partial charge in [0, 0.05) is 17.6 Å². The van der Waals surface area contributed by atoms with Crippen LogP contribution in [0.3, 0.4) is 0 Å². The van der Waals surface area contributed by atoms with Crippen LogP contribution in [0.5, 0.6) is 0 Å². The van der Waals surface area contributed by atoms with Crippen molar-refractivity contribution in [3.8, 4) is 0 Å². The van der Waals surface area contributed by atoms with Gasteiger partial charge in [0.1, 0.15) is 18.5 Å². The van der Waals surface area contributed by atoms with Gasteiger partial charge in [0.2, 0.25) is 0 Å². The van der Waals surface area contributed by atoms with E-state index >= 15 is 0 Å². The Labute approximate surface area is 146 Å². The van der Waals surface area contributed by atoms with E-state index in [0.29, 0.717) is 30.3 Å². The van der Waals surface area contributed by atoms with Crippen molar-refractivity contribution in [2.75, 3.05) is 6.61 Å². The van der Waals surface area contributed by atoms with Crippen LogP contribution in [0.1, 0.15) is 26.2 Å². The number of carbonyl (C=O) groups is 3. The lowest BCUT2D eigenvalue weighted by molar-refractivity contribution is -0.147. The number of rotatable bonds is 4. The Morgan fingerprint density at radius 3 is 2.84 bits per heavy atom.